The van der Waals surface area contributed by atoms with Gasteiger partial charge in [0.15, 0.2) is 0 Å². The quantitative estimate of drug-likeness (QED) is 0.680. The summed E-state index contributed by atoms with van der Waals surface area (Å²) in [5, 5.41) is 7.02. The molecule has 1 aliphatic heterocycles. The number of hydrogen-bond acceptors (Lipinski definition) is 3. The number of nitrogens with zero attached hydrogens (tertiary/aromatic N) is 1. The first-order chi connectivity index (χ1) is 6.83. The predicted molar refractivity (Wildman–Crippen MR) is 59.5 cm³/mol. The Kier molecular flexibility index (Phi) is 3.42. The lowest BCUT2D eigenvalue weighted by Crippen LogP contribution is -2.60. The molecular weight excluding hydrogens is 174 g/mol. The minimum absolute atomic E-state index is 0.694. The molecule has 14 heavy (non-hydrogen) atoms. The highest BCUT2D eigenvalue weighted by atomic mass is 15.2. The monoisotopic (exact) mass is 197 g/mol. The van der Waals surface area contributed by atoms with E-state index in [0.29, 0.717) is 12.1 Å². The van der Waals surface area contributed by atoms with Crippen LogP contribution < -0.4 is 10.6 Å². The summed E-state index contributed by atoms with van der Waals surface area (Å²) in [5.41, 5.74) is 0. The van der Waals surface area contributed by atoms with Gasteiger partial charge in [0.05, 0.1) is 0 Å². The molecule has 2 aliphatic rings. The summed E-state index contributed by atoms with van der Waals surface area (Å²) < 4.78 is 0. The number of piperazine rings is 1. The molecule has 2 unspecified atom stereocenters. The van der Waals surface area contributed by atoms with Crippen molar-refractivity contribution in [2.24, 2.45) is 5.92 Å². The van der Waals surface area contributed by atoms with E-state index < -0.39 is 0 Å². The van der Waals surface area contributed by atoms with E-state index in [4.69, 9.17) is 0 Å². The highest BCUT2D eigenvalue weighted by molar-refractivity contribution is 4.94. The summed E-state index contributed by atoms with van der Waals surface area (Å²) in [5.74, 6) is 0.923. The van der Waals surface area contributed by atoms with Crippen LogP contribution in [-0.4, -0.2) is 50.7 Å². The Morgan fingerprint density at radius 1 is 1.43 bits per heavy atom. The third-order valence-electron chi connectivity index (χ3n) is 3.97. The first-order valence-electron chi connectivity index (χ1n) is 5.91. The highest BCUT2D eigenvalue weighted by Crippen LogP contribution is 2.32. The van der Waals surface area contributed by atoms with E-state index >= 15 is 0 Å². The molecule has 2 N–H and O–H groups in total. The fraction of sp³-hybridized carbons (Fsp3) is 1.00. The first-order valence-corrected chi connectivity index (χ1v) is 5.91. The molecule has 0 aromatic rings. The van der Waals surface area contributed by atoms with E-state index in [2.05, 4.69) is 29.6 Å². The molecule has 2 rings (SSSR count). The minimum Gasteiger partial charge on any atom is -0.315 e. The Balaban J connectivity index is 1.94. The molecule has 1 saturated carbocycles. The van der Waals surface area contributed by atoms with Gasteiger partial charge in [0.1, 0.15) is 0 Å². The van der Waals surface area contributed by atoms with Crippen LogP contribution in [0.15, 0.2) is 0 Å². The molecule has 82 valence electrons. The lowest BCUT2D eigenvalue weighted by Gasteiger charge is -2.44. The van der Waals surface area contributed by atoms with E-state index in [1.807, 2.05) is 0 Å². The van der Waals surface area contributed by atoms with Crippen molar-refractivity contribution < 1.29 is 0 Å². The third kappa shape index (κ3) is 1.95. The predicted octanol–water partition coefficient (Wildman–Crippen LogP) is 0.278. The van der Waals surface area contributed by atoms with Crippen LogP contribution >= 0.6 is 0 Å². The normalized spacial score (nSPS) is 32.6. The van der Waals surface area contributed by atoms with Crippen molar-refractivity contribution in [2.45, 2.75) is 31.3 Å². The Hall–Kier alpha value is -0.120. The van der Waals surface area contributed by atoms with Crippen molar-refractivity contribution in [3.8, 4) is 0 Å². The van der Waals surface area contributed by atoms with Gasteiger partial charge < -0.3 is 10.6 Å². The average molecular weight is 197 g/mol. The van der Waals surface area contributed by atoms with E-state index in [-0.39, 0.29) is 0 Å². The van der Waals surface area contributed by atoms with Crippen LogP contribution in [-0.2, 0) is 0 Å². The van der Waals surface area contributed by atoms with Crippen LogP contribution in [0.25, 0.3) is 0 Å². The van der Waals surface area contributed by atoms with Gasteiger partial charge in [-0.2, -0.15) is 0 Å². The molecule has 0 bridgehead atoms. The smallest absolute Gasteiger partial charge is 0.0374 e. The van der Waals surface area contributed by atoms with Gasteiger partial charge in [-0.1, -0.05) is 6.42 Å². The topological polar surface area (TPSA) is 27.3 Å². The minimum atomic E-state index is 0.694. The van der Waals surface area contributed by atoms with E-state index in [9.17, 15) is 0 Å². The Morgan fingerprint density at radius 2 is 2.21 bits per heavy atom. The number of hydrogen-bond donors (Lipinski definition) is 2. The lowest BCUT2D eigenvalue weighted by molar-refractivity contribution is 0.102. The van der Waals surface area contributed by atoms with Crippen LogP contribution in [0.1, 0.15) is 19.3 Å². The lowest BCUT2D eigenvalue weighted by atomic mass is 9.76. The molecule has 3 heteroatoms. The highest BCUT2D eigenvalue weighted by Gasteiger charge is 2.34. The van der Waals surface area contributed by atoms with Crippen LogP contribution in [0.5, 0.6) is 0 Å². The maximum Gasteiger partial charge on any atom is 0.0374 e. The molecule has 0 aromatic heterocycles. The van der Waals surface area contributed by atoms with E-state index in [0.717, 1.165) is 19.0 Å². The maximum atomic E-state index is 3.52. The van der Waals surface area contributed by atoms with Crippen LogP contribution in [0.4, 0.5) is 0 Å². The first kappa shape index (κ1) is 10.4. The van der Waals surface area contributed by atoms with E-state index in [1.165, 1.54) is 25.8 Å². The van der Waals surface area contributed by atoms with E-state index in [1.54, 1.807) is 0 Å². The molecule has 1 heterocycles. The zero-order chi connectivity index (χ0) is 9.97. The summed E-state index contributed by atoms with van der Waals surface area (Å²) in [7, 11) is 4.37. The van der Waals surface area contributed by atoms with Crippen LogP contribution in [0.2, 0.25) is 0 Å². The Morgan fingerprint density at radius 3 is 2.71 bits per heavy atom. The SMILES string of the molecule is CNC(C1CCC1)C1CNCCN1C. The standard InChI is InChI=1S/C11H23N3/c1-12-11(9-4-3-5-9)10-8-13-6-7-14(10)2/h9-13H,3-8H2,1-2H3. The zero-order valence-electron chi connectivity index (χ0n) is 9.42. The van der Waals surface area contributed by atoms with Gasteiger partial charge in [0, 0.05) is 31.7 Å². The molecule has 0 aromatic carbocycles. The van der Waals surface area contributed by atoms with Gasteiger partial charge in [-0.15, -0.1) is 0 Å². The van der Waals surface area contributed by atoms with Gasteiger partial charge in [0.25, 0.3) is 0 Å². The second-order valence-corrected chi connectivity index (χ2v) is 4.76. The molecule has 0 spiro atoms. The van der Waals surface area contributed by atoms with Crippen molar-refractivity contribution in [3.63, 3.8) is 0 Å². The summed E-state index contributed by atoms with van der Waals surface area (Å²) >= 11 is 0. The zero-order valence-corrected chi connectivity index (χ0v) is 9.42. The fourth-order valence-corrected chi connectivity index (χ4v) is 2.77. The molecular formula is C11H23N3. The van der Waals surface area contributed by atoms with Crippen molar-refractivity contribution in [3.05, 3.63) is 0 Å². The Bertz CT molecular complexity index is 177. The maximum absolute atomic E-state index is 3.52. The fourth-order valence-electron chi connectivity index (χ4n) is 2.77. The summed E-state index contributed by atoms with van der Waals surface area (Å²) in [4.78, 5) is 2.51. The Labute approximate surface area is 87.2 Å². The van der Waals surface area contributed by atoms with Crippen LogP contribution in [0.3, 0.4) is 0 Å². The molecule has 0 radical (unpaired) electrons. The molecule has 0 amide bonds. The van der Waals surface area contributed by atoms with Crippen molar-refractivity contribution in [2.75, 3.05) is 33.7 Å². The summed E-state index contributed by atoms with van der Waals surface area (Å²) in [6.45, 7) is 3.49. The largest absolute Gasteiger partial charge is 0.315 e. The van der Waals surface area contributed by atoms with Gasteiger partial charge >= 0.3 is 0 Å². The summed E-state index contributed by atoms with van der Waals surface area (Å²) in [6, 6.07) is 1.39. The van der Waals surface area contributed by atoms with Gasteiger partial charge in [-0.25, -0.2) is 0 Å². The third-order valence-corrected chi connectivity index (χ3v) is 3.97. The van der Waals surface area contributed by atoms with Gasteiger partial charge in [0.2, 0.25) is 0 Å². The number of rotatable bonds is 3. The molecule has 1 saturated heterocycles. The second-order valence-electron chi connectivity index (χ2n) is 4.76. The summed E-state index contributed by atoms with van der Waals surface area (Å²) in [6.07, 6.45) is 4.29. The second kappa shape index (κ2) is 4.60. The number of likely N-dealkylation sites (N-methyl/N-ethyl adjacent to an activating group) is 2. The molecule has 2 atom stereocenters. The van der Waals surface area contributed by atoms with Crippen molar-refractivity contribution in [1.82, 2.24) is 15.5 Å². The van der Waals surface area contributed by atoms with Crippen molar-refractivity contribution >= 4 is 0 Å². The molecule has 2 fully saturated rings. The van der Waals surface area contributed by atoms with Crippen molar-refractivity contribution in [1.29, 1.82) is 0 Å². The number of nitrogens with one attached hydrogen (secondary N) is 2. The van der Waals surface area contributed by atoms with Gasteiger partial charge in [-0.05, 0) is 32.9 Å². The average Bonchev–Trinajstić information content (AvgIpc) is 2.12. The molecule has 1 aliphatic carbocycles. The van der Waals surface area contributed by atoms with Gasteiger partial charge in [-0.3, -0.25) is 4.90 Å². The van der Waals surface area contributed by atoms with Crippen LogP contribution in [0, 0.1) is 5.92 Å². The molecule has 3 nitrogen and oxygen atoms in total.